The van der Waals surface area contributed by atoms with Gasteiger partial charge < -0.3 is 33.2 Å². The summed E-state index contributed by atoms with van der Waals surface area (Å²) in [5, 5.41) is 11.0. The molecule has 222 valence electrons. The summed E-state index contributed by atoms with van der Waals surface area (Å²) in [6, 6.07) is 0. The third kappa shape index (κ3) is 11.0. The third-order valence-electron chi connectivity index (χ3n) is 7.17. The standard InChI is InChI=1S/C29H54O8Si/c1-26(2,3)37-25(31)19-24-23(35-29(9,10)36-24)14-13-20(30)17-22-18-21(33-28(7,8)34-22)15-16-32-38(11,12)27(4,5)6/h13-14,20-24,30H,15-19H2,1-12H3/b14-13+/t20-,21+,22-,23-,24-/m1/s1. The molecule has 0 unspecified atom stereocenters. The van der Waals surface area contributed by atoms with Gasteiger partial charge in [-0.05, 0) is 73.0 Å². The Morgan fingerprint density at radius 3 is 2.16 bits per heavy atom. The van der Waals surface area contributed by atoms with Gasteiger partial charge in [-0.3, -0.25) is 4.79 Å². The molecule has 0 bridgehead atoms. The van der Waals surface area contributed by atoms with Crippen molar-refractivity contribution in [1.82, 2.24) is 0 Å². The summed E-state index contributed by atoms with van der Waals surface area (Å²) < 4.78 is 36.0. The van der Waals surface area contributed by atoms with E-state index in [1.165, 1.54) is 0 Å². The summed E-state index contributed by atoms with van der Waals surface area (Å²) in [6.45, 7) is 24.8. The summed E-state index contributed by atoms with van der Waals surface area (Å²) in [5.41, 5.74) is -0.570. The van der Waals surface area contributed by atoms with Crippen LogP contribution in [0, 0.1) is 0 Å². The van der Waals surface area contributed by atoms with Crippen LogP contribution in [0.2, 0.25) is 18.1 Å². The molecule has 2 heterocycles. The smallest absolute Gasteiger partial charge is 0.309 e. The number of aliphatic hydroxyl groups is 1. The fraction of sp³-hybridized carbons (Fsp3) is 0.897. The van der Waals surface area contributed by atoms with Crippen LogP contribution in [-0.4, -0.2) is 73.7 Å². The lowest BCUT2D eigenvalue weighted by Gasteiger charge is -2.42. The largest absolute Gasteiger partial charge is 0.460 e. The van der Waals surface area contributed by atoms with E-state index in [9.17, 15) is 9.90 Å². The number of aliphatic hydroxyl groups excluding tert-OH is 1. The molecular formula is C29H54O8Si. The predicted octanol–water partition coefficient (Wildman–Crippen LogP) is 5.87. The quantitative estimate of drug-likeness (QED) is 0.202. The first-order chi connectivity index (χ1) is 17.1. The summed E-state index contributed by atoms with van der Waals surface area (Å²) in [7, 11) is -1.82. The van der Waals surface area contributed by atoms with Crippen molar-refractivity contribution in [3.8, 4) is 0 Å². The minimum absolute atomic E-state index is 0.00438. The molecule has 0 amide bonds. The van der Waals surface area contributed by atoms with Crippen LogP contribution in [0.4, 0.5) is 0 Å². The zero-order valence-electron chi connectivity index (χ0n) is 25.9. The van der Waals surface area contributed by atoms with E-state index in [-0.39, 0.29) is 29.6 Å². The van der Waals surface area contributed by atoms with Gasteiger partial charge in [0.05, 0.1) is 24.7 Å². The maximum absolute atomic E-state index is 12.4. The highest BCUT2D eigenvalue weighted by molar-refractivity contribution is 6.74. The second-order valence-corrected chi connectivity index (χ2v) is 18.9. The van der Waals surface area contributed by atoms with E-state index in [1.807, 2.05) is 48.5 Å². The molecule has 2 aliphatic rings. The molecule has 0 aliphatic carbocycles. The van der Waals surface area contributed by atoms with E-state index in [2.05, 4.69) is 33.9 Å². The summed E-state index contributed by atoms with van der Waals surface area (Å²) in [5.74, 6) is -1.91. The Bertz CT molecular complexity index is 808. The van der Waals surface area contributed by atoms with Crippen LogP contribution in [0.5, 0.6) is 0 Å². The lowest BCUT2D eigenvalue weighted by molar-refractivity contribution is -0.303. The van der Waals surface area contributed by atoms with Gasteiger partial charge in [-0.25, -0.2) is 0 Å². The molecule has 8 nitrogen and oxygen atoms in total. The maximum atomic E-state index is 12.4. The Hall–Kier alpha value is -0.813. The van der Waals surface area contributed by atoms with E-state index in [0.717, 1.165) is 6.42 Å². The molecular weight excluding hydrogens is 504 g/mol. The molecule has 1 N–H and O–H groups in total. The fourth-order valence-electron chi connectivity index (χ4n) is 4.52. The molecule has 2 rings (SSSR count). The average Bonchev–Trinajstić information content (AvgIpc) is 2.95. The molecule has 2 saturated heterocycles. The molecule has 0 aromatic carbocycles. The van der Waals surface area contributed by atoms with Crippen molar-refractivity contribution in [3.05, 3.63) is 12.2 Å². The molecule has 5 atom stereocenters. The highest BCUT2D eigenvalue weighted by Crippen LogP contribution is 2.37. The summed E-state index contributed by atoms with van der Waals surface area (Å²) in [6.07, 6.45) is 3.59. The Morgan fingerprint density at radius 1 is 1.00 bits per heavy atom. The predicted molar refractivity (Wildman–Crippen MR) is 150 cm³/mol. The Kier molecular flexibility index (Phi) is 10.9. The van der Waals surface area contributed by atoms with Crippen molar-refractivity contribution >= 4 is 14.3 Å². The molecule has 0 radical (unpaired) electrons. The number of carbonyl (C=O) groups excluding carboxylic acids is 1. The third-order valence-corrected chi connectivity index (χ3v) is 11.7. The molecule has 0 saturated carbocycles. The molecule has 38 heavy (non-hydrogen) atoms. The minimum Gasteiger partial charge on any atom is -0.460 e. The second kappa shape index (κ2) is 12.4. The van der Waals surface area contributed by atoms with Gasteiger partial charge in [0, 0.05) is 19.4 Å². The molecule has 0 aromatic rings. The van der Waals surface area contributed by atoms with Crippen LogP contribution in [0.1, 0.15) is 94.9 Å². The monoisotopic (exact) mass is 558 g/mol. The maximum Gasteiger partial charge on any atom is 0.309 e. The van der Waals surface area contributed by atoms with Crippen molar-refractivity contribution in [2.75, 3.05) is 6.61 Å². The van der Waals surface area contributed by atoms with Crippen LogP contribution < -0.4 is 0 Å². The minimum atomic E-state index is -1.82. The fourth-order valence-corrected chi connectivity index (χ4v) is 5.58. The number of carbonyl (C=O) groups is 1. The number of esters is 1. The van der Waals surface area contributed by atoms with E-state index >= 15 is 0 Å². The highest BCUT2D eigenvalue weighted by Gasteiger charge is 2.42. The molecule has 2 fully saturated rings. The number of hydrogen-bond acceptors (Lipinski definition) is 8. The van der Waals surface area contributed by atoms with Gasteiger partial charge in [-0.2, -0.15) is 0 Å². The number of rotatable bonds is 10. The van der Waals surface area contributed by atoms with Crippen molar-refractivity contribution in [2.45, 2.75) is 161 Å². The van der Waals surface area contributed by atoms with E-state index in [4.69, 9.17) is 28.1 Å². The van der Waals surface area contributed by atoms with Gasteiger partial charge in [-0.1, -0.05) is 32.9 Å². The topological polar surface area (TPSA) is 92.7 Å². The van der Waals surface area contributed by atoms with Gasteiger partial charge >= 0.3 is 5.97 Å². The first-order valence-corrected chi connectivity index (χ1v) is 16.9. The number of hydrogen-bond donors (Lipinski definition) is 1. The van der Waals surface area contributed by atoms with Gasteiger partial charge in [0.2, 0.25) is 0 Å². The van der Waals surface area contributed by atoms with Crippen LogP contribution in [-0.2, 0) is 32.9 Å². The lowest BCUT2D eigenvalue weighted by atomic mass is 10.00. The van der Waals surface area contributed by atoms with Crippen LogP contribution >= 0.6 is 0 Å². The van der Waals surface area contributed by atoms with E-state index in [0.29, 0.717) is 19.4 Å². The van der Waals surface area contributed by atoms with Gasteiger partial charge in [-0.15, -0.1) is 0 Å². The molecule has 0 spiro atoms. The SMILES string of the molecule is CC(C)(C)OC(=O)C[C@H]1OC(C)(C)O[C@@H]1/C=C/[C@@H](O)C[C@@H]1C[C@H](CCO[Si](C)(C)C(C)(C)C)OC(C)(C)O1. The van der Waals surface area contributed by atoms with Crippen LogP contribution in [0.3, 0.4) is 0 Å². The zero-order chi connectivity index (χ0) is 29.2. The van der Waals surface area contributed by atoms with Gasteiger partial charge in [0.15, 0.2) is 19.9 Å². The first-order valence-electron chi connectivity index (χ1n) is 14.0. The van der Waals surface area contributed by atoms with Crippen molar-refractivity contribution < 1.29 is 38.0 Å². The van der Waals surface area contributed by atoms with Crippen LogP contribution in [0.25, 0.3) is 0 Å². The molecule has 9 heteroatoms. The Morgan fingerprint density at radius 2 is 1.58 bits per heavy atom. The summed E-state index contributed by atoms with van der Waals surface area (Å²) in [4.78, 5) is 12.4. The van der Waals surface area contributed by atoms with Crippen molar-refractivity contribution in [3.63, 3.8) is 0 Å². The van der Waals surface area contributed by atoms with E-state index < -0.39 is 43.8 Å². The van der Waals surface area contributed by atoms with Gasteiger partial charge in [0.25, 0.3) is 0 Å². The number of ether oxygens (including phenoxy) is 5. The Balaban J connectivity index is 1.94. The van der Waals surface area contributed by atoms with Crippen LogP contribution in [0.15, 0.2) is 12.2 Å². The molecule has 0 aromatic heterocycles. The van der Waals surface area contributed by atoms with Gasteiger partial charge in [0.1, 0.15) is 17.8 Å². The second-order valence-electron chi connectivity index (χ2n) is 14.1. The van der Waals surface area contributed by atoms with Crippen molar-refractivity contribution in [1.29, 1.82) is 0 Å². The average molecular weight is 559 g/mol. The summed E-state index contributed by atoms with van der Waals surface area (Å²) >= 11 is 0. The van der Waals surface area contributed by atoms with Crippen molar-refractivity contribution in [2.24, 2.45) is 0 Å². The first kappa shape index (κ1) is 33.4. The normalized spacial score (nSPS) is 29.0. The lowest BCUT2D eigenvalue weighted by Crippen LogP contribution is -2.46. The zero-order valence-corrected chi connectivity index (χ0v) is 26.9. The highest BCUT2D eigenvalue weighted by atomic mass is 28.4. The molecule has 2 aliphatic heterocycles. The Labute approximate surface area is 231 Å². The van der Waals surface area contributed by atoms with E-state index in [1.54, 1.807) is 12.2 Å².